The molecule has 0 fully saturated rings. The Morgan fingerprint density at radius 1 is 1.27 bits per heavy atom. The van der Waals surface area contributed by atoms with Crippen molar-refractivity contribution in [3.8, 4) is 0 Å². The van der Waals surface area contributed by atoms with Crippen LogP contribution in [-0.4, -0.2) is 25.4 Å². The van der Waals surface area contributed by atoms with E-state index in [2.05, 4.69) is 6.92 Å². The number of aliphatic hydroxyl groups is 1. The molecule has 1 unspecified atom stereocenters. The van der Waals surface area contributed by atoms with Crippen molar-refractivity contribution in [3.05, 3.63) is 0 Å². The van der Waals surface area contributed by atoms with Crippen molar-refractivity contribution in [2.75, 3.05) is 20.3 Å². The summed E-state index contributed by atoms with van der Waals surface area (Å²) in [5, 5.41) is 8.56. The molecule has 0 aromatic heterocycles. The summed E-state index contributed by atoms with van der Waals surface area (Å²) in [4.78, 5) is 0. The van der Waals surface area contributed by atoms with Crippen LogP contribution in [0, 0.1) is 5.92 Å². The third-order valence-electron chi connectivity index (χ3n) is 1.90. The van der Waals surface area contributed by atoms with Crippen LogP contribution >= 0.6 is 0 Å². The fraction of sp³-hybridized carbons (Fsp3) is 1.00. The van der Waals surface area contributed by atoms with E-state index in [9.17, 15) is 0 Å². The molecule has 68 valence electrons. The van der Waals surface area contributed by atoms with E-state index in [1.54, 1.807) is 7.11 Å². The molecule has 11 heavy (non-hydrogen) atoms. The summed E-state index contributed by atoms with van der Waals surface area (Å²) in [6.07, 6.45) is 4.44. The van der Waals surface area contributed by atoms with Gasteiger partial charge in [-0.1, -0.05) is 6.92 Å². The molecule has 2 heteroatoms. The highest BCUT2D eigenvalue weighted by molar-refractivity contribution is 4.52. The number of rotatable bonds is 7. The van der Waals surface area contributed by atoms with E-state index in [0.29, 0.717) is 6.61 Å². The van der Waals surface area contributed by atoms with Gasteiger partial charge in [-0.05, 0) is 31.6 Å². The van der Waals surface area contributed by atoms with Crippen molar-refractivity contribution in [2.45, 2.75) is 32.6 Å². The van der Waals surface area contributed by atoms with E-state index >= 15 is 0 Å². The second-order valence-corrected chi connectivity index (χ2v) is 3.11. The van der Waals surface area contributed by atoms with Gasteiger partial charge in [0.05, 0.1) is 0 Å². The minimum atomic E-state index is 0.328. The largest absolute Gasteiger partial charge is 0.396 e. The monoisotopic (exact) mass is 160 g/mol. The molecule has 0 aliphatic rings. The van der Waals surface area contributed by atoms with Gasteiger partial charge >= 0.3 is 0 Å². The number of hydrogen-bond acceptors (Lipinski definition) is 2. The fourth-order valence-corrected chi connectivity index (χ4v) is 1.16. The van der Waals surface area contributed by atoms with Gasteiger partial charge in [-0.15, -0.1) is 0 Å². The zero-order valence-corrected chi connectivity index (χ0v) is 7.68. The van der Waals surface area contributed by atoms with E-state index in [1.807, 2.05) is 0 Å². The Kier molecular flexibility index (Phi) is 7.96. The maximum absolute atomic E-state index is 8.56. The Hall–Kier alpha value is -0.0800. The molecule has 1 atom stereocenters. The Balaban J connectivity index is 3.02. The molecule has 0 aliphatic carbocycles. The van der Waals surface area contributed by atoms with E-state index in [-0.39, 0.29) is 0 Å². The van der Waals surface area contributed by atoms with E-state index in [1.165, 1.54) is 6.42 Å². The van der Waals surface area contributed by atoms with Gasteiger partial charge < -0.3 is 9.84 Å². The smallest absolute Gasteiger partial charge is 0.0462 e. The van der Waals surface area contributed by atoms with Crippen molar-refractivity contribution < 1.29 is 9.84 Å². The summed E-state index contributed by atoms with van der Waals surface area (Å²) in [6, 6.07) is 0. The van der Waals surface area contributed by atoms with Crippen LogP contribution in [0.3, 0.4) is 0 Å². The molecule has 0 aromatic carbocycles. The zero-order chi connectivity index (χ0) is 8.53. The predicted molar refractivity (Wildman–Crippen MR) is 46.6 cm³/mol. The molecular formula is C9H20O2. The minimum absolute atomic E-state index is 0.328. The van der Waals surface area contributed by atoms with Gasteiger partial charge in [-0.25, -0.2) is 0 Å². The zero-order valence-electron chi connectivity index (χ0n) is 7.68. The van der Waals surface area contributed by atoms with Gasteiger partial charge in [0, 0.05) is 20.3 Å². The molecule has 0 rings (SSSR count). The topological polar surface area (TPSA) is 29.5 Å². The van der Waals surface area contributed by atoms with Crippen molar-refractivity contribution in [1.82, 2.24) is 0 Å². The lowest BCUT2D eigenvalue weighted by atomic mass is 10.0. The first kappa shape index (κ1) is 10.9. The Morgan fingerprint density at radius 2 is 1.91 bits per heavy atom. The van der Waals surface area contributed by atoms with E-state index < -0.39 is 0 Å². The molecule has 0 amide bonds. The molecule has 0 aliphatic heterocycles. The molecular weight excluding hydrogens is 140 g/mol. The standard InChI is InChI=1S/C9H20O2/c1-9(5-3-7-10)6-4-8-11-2/h9-10H,3-8H2,1-2H3. The highest BCUT2D eigenvalue weighted by atomic mass is 16.5. The summed E-state index contributed by atoms with van der Waals surface area (Å²) in [5.41, 5.74) is 0. The van der Waals surface area contributed by atoms with Crippen molar-refractivity contribution in [3.63, 3.8) is 0 Å². The SMILES string of the molecule is COCCCC(C)CCCO. The number of hydrogen-bond donors (Lipinski definition) is 1. The number of ether oxygens (including phenoxy) is 1. The summed E-state index contributed by atoms with van der Waals surface area (Å²) in [6.45, 7) is 3.42. The van der Waals surface area contributed by atoms with Crippen LogP contribution in [-0.2, 0) is 4.74 Å². The minimum Gasteiger partial charge on any atom is -0.396 e. The average Bonchev–Trinajstić information content (AvgIpc) is 2.01. The number of methoxy groups -OCH3 is 1. The molecule has 0 saturated heterocycles. The lowest BCUT2D eigenvalue weighted by molar-refractivity contribution is 0.185. The predicted octanol–water partition coefficient (Wildman–Crippen LogP) is 1.82. The molecule has 0 aromatic rings. The van der Waals surface area contributed by atoms with Crippen LogP contribution in [0.2, 0.25) is 0 Å². The lowest BCUT2D eigenvalue weighted by Crippen LogP contribution is -1.99. The molecule has 0 spiro atoms. The van der Waals surface area contributed by atoms with Crippen LogP contribution in [0.15, 0.2) is 0 Å². The maximum atomic E-state index is 8.56. The van der Waals surface area contributed by atoms with Gasteiger partial charge in [-0.3, -0.25) is 0 Å². The van der Waals surface area contributed by atoms with Crippen LogP contribution in [0.5, 0.6) is 0 Å². The Morgan fingerprint density at radius 3 is 2.45 bits per heavy atom. The molecule has 0 bridgehead atoms. The van der Waals surface area contributed by atoms with E-state index in [0.717, 1.165) is 31.8 Å². The quantitative estimate of drug-likeness (QED) is 0.576. The Bertz CT molecular complexity index is 74.0. The van der Waals surface area contributed by atoms with E-state index in [4.69, 9.17) is 9.84 Å². The average molecular weight is 160 g/mol. The third-order valence-corrected chi connectivity index (χ3v) is 1.90. The van der Waals surface area contributed by atoms with Gasteiger partial charge in [0.1, 0.15) is 0 Å². The second-order valence-electron chi connectivity index (χ2n) is 3.11. The van der Waals surface area contributed by atoms with Crippen LogP contribution in [0.4, 0.5) is 0 Å². The number of aliphatic hydroxyl groups excluding tert-OH is 1. The third kappa shape index (κ3) is 7.82. The van der Waals surface area contributed by atoms with Crippen molar-refractivity contribution in [1.29, 1.82) is 0 Å². The van der Waals surface area contributed by atoms with Gasteiger partial charge in [0.25, 0.3) is 0 Å². The molecule has 0 saturated carbocycles. The molecule has 2 nitrogen and oxygen atoms in total. The fourth-order valence-electron chi connectivity index (χ4n) is 1.16. The molecule has 1 N–H and O–H groups in total. The summed E-state index contributed by atoms with van der Waals surface area (Å²) in [7, 11) is 1.73. The van der Waals surface area contributed by atoms with Crippen LogP contribution in [0.25, 0.3) is 0 Å². The Labute approximate surface area is 69.6 Å². The molecule has 0 radical (unpaired) electrons. The first-order valence-electron chi connectivity index (χ1n) is 4.41. The van der Waals surface area contributed by atoms with Crippen molar-refractivity contribution in [2.24, 2.45) is 5.92 Å². The summed E-state index contributed by atoms with van der Waals surface area (Å²) < 4.78 is 4.95. The van der Waals surface area contributed by atoms with Crippen LogP contribution < -0.4 is 0 Å². The van der Waals surface area contributed by atoms with Gasteiger partial charge in [0.15, 0.2) is 0 Å². The summed E-state index contributed by atoms with van der Waals surface area (Å²) >= 11 is 0. The second kappa shape index (κ2) is 8.02. The van der Waals surface area contributed by atoms with Crippen molar-refractivity contribution >= 4 is 0 Å². The lowest BCUT2D eigenvalue weighted by Gasteiger charge is -2.08. The normalized spacial score (nSPS) is 13.4. The van der Waals surface area contributed by atoms with Gasteiger partial charge in [-0.2, -0.15) is 0 Å². The first-order chi connectivity index (χ1) is 5.31. The highest BCUT2D eigenvalue weighted by Gasteiger charge is 2.00. The highest BCUT2D eigenvalue weighted by Crippen LogP contribution is 2.11. The maximum Gasteiger partial charge on any atom is 0.0462 e. The summed E-state index contributed by atoms with van der Waals surface area (Å²) in [5.74, 6) is 0.734. The molecule has 0 heterocycles. The van der Waals surface area contributed by atoms with Crippen LogP contribution in [0.1, 0.15) is 32.6 Å². The first-order valence-corrected chi connectivity index (χ1v) is 4.41. The van der Waals surface area contributed by atoms with Gasteiger partial charge in [0.2, 0.25) is 0 Å².